The molecule has 3 heteroatoms. The number of halogens is 2. The first kappa shape index (κ1) is 16.0. The average molecular weight is 418 g/mol. The molecule has 1 nitrogen and oxygen atoms in total. The summed E-state index contributed by atoms with van der Waals surface area (Å²) in [6, 6.07) is 24.4. The molecule has 3 aromatic carbocycles. The molecule has 0 spiro atoms. The summed E-state index contributed by atoms with van der Waals surface area (Å²) in [5, 5.41) is 0. The molecule has 0 amide bonds. The van der Waals surface area contributed by atoms with Gasteiger partial charge in [-0.25, -0.2) is 4.39 Å². The third kappa shape index (κ3) is 3.72. The topological polar surface area (TPSA) is 9.23 Å². The zero-order valence-corrected chi connectivity index (χ0v) is 14.8. The lowest BCUT2D eigenvalue weighted by atomic mass is 9.93. The molecule has 0 radical (unpaired) electrons. The van der Waals surface area contributed by atoms with Crippen LogP contribution >= 0.6 is 22.6 Å². The van der Waals surface area contributed by atoms with Crippen LogP contribution in [0.4, 0.5) is 4.39 Å². The Kier molecular flexibility index (Phi) is 4.66. The third-order valence-electron chi connectivity index (χ3n) is 3.76. The molecule has 0 saturated heterocycles. The van der Waals surface area contributed by atoms with Gasteiger partial charge in [0.05, 0.1) is 3.42 Å². The highest BCUT2D eigenvalue weighted by Crippen LogP contribution is 2.39. The Morgan fingerprint density at radius 2 is 1.22 bits per heavy atom. The smallest absolute Gasteiger partial charge is 0.127 e. The molecule has 0 aliphatic rings. The van der Waals surface area contributed by atoms with Crippen LogP contribution in [0.2, 0.25) is 0 Å². The summed E-state index contributed by atoms with van der Waals surface area (Å²) in [5.74, 6) is 1.09. The first-order valence-corrected chi connectivity index (χ1v) is 8.42. The number of rotatable bonds is 4. The van der Waals surface area contributed by atoms with Gasteiger partial charge in [0, 0.05) is 0 Å². The largest absolute Gasteiger partial charge is 0.457 e. The van der Waals surface area contributed by atoms with E-state index < -0.39 is 0 Å². The average Bonchev–Trinajstić information content (AvgIpc) is 2.58. The van der Waals surface area contributed by atoms with Gasteiger partial charge in [-0.2, -0.15) is 0 Å². The fourth-order valence-electron chi connectivity index (χ4n) is 2.39. The molecule has 3 aromatic rings. The first-order chi connectivity index (χ1) is 11.1. The molecule has 0 fully saturated rings. The summed E-state index contributed by atoms with van der Waals surface area (Å²) in [4.78, 5) is 0. The minimum atomic E-state index is -0.267. The summed E-state index contributed by atoms with van der Waals surface area (Å²) in [6.45, 7) is 2.19. The minimum Gasteiger partial charge on any atom is -0.457 e. The number of hydrogen-bond donors (Lipinski definition) is 0. The Balaban J connectivity index is 1.80. The van der Waals surface area contributed by atoms with Crippen molar-refractivity contribution in [2.75, 3.05) is 0 Å². The van der Waals surface area contributed by atoms with Crippen molar-refractivity contribution in [3.63, 3.8) is 0 Å². The van der Waals surface area contributed by atoms with Crippen LogP contribution in [0, 0.1) is 5.82 Å². The van der Waals surface area contributed by atoms with E-state index in [0.29, 0.717) is 5.75 Å². The highest BCUT2D eigenvalue weighted by molar-refractivity contribution is 14.1. The highest BCUT2D eigenvalue weighted by atomic mass is 127. The standard InChI is InChI=1S/C20H16FIO/c1-20(22,15-5-3-2-4-6-15)16-7-11-18(12-8-16)23-19-13-9-17(21)10-14-19/h2-14H,1H3. The Hall–Kier alpha value is -1.88. The molecule has 0 heterocycles. The van der Waals surface area contributed by atoms with Gasteiger partial charge in [-0.05, 0) is 54.4 Å². The maximum Gasteiger partial charge on any atom is 0.127 e. The van der Waals surface area contributed by atoms with Crippen molar-refractivity contribution < 1.29 is 9.13 Å². The maximum atomic E-state index is 12.9. The van der Waals surface area contributed by atoms with Gasteiger partial charge in [-0.3, -0.25) is 0 Å². The number of hydrogen-bond acceptors (Lipinski definition) is 1. The molecular weight excluding hydrogens is 402 g/mol. The molecule has 3 rings (SSSR count). The van der Waals surface area contributed by atoms with Crippen molar-refractivity contribution in [1.29, 1.82) is 0 Å². The zero-order chi connectivity index (χ0) is 16.3. The van der Waals surface area contributed by atoms with E-state index in [4.69, 9.17) is 4.74 Å². The normalized spacial score (nSPS) is 13.3. The van der Waals surface area contributed by atoms with E-state index in [9.17, 15) is 4.39 Å². The second kappa shape index (κ2) is 6.71. The first-order valence-electron chi connectivity index (χ1n) is 7.34. The van der Waals surface area contributed by atoms with Gasteiger partial charge in [-0.1, -0.05) is 65.1 Å². The highest BCUT2D eigenvalue weighted by Gasteiger charge is 2.24. The van der Waals surface area contributed by atoms with Crippen molar-refractivity contribution in [1.82, 2.24) is 0 Å². The van der Waals surface area contributed by atoms with Crippen molar-refractivity contribution in [3.05, 3.63) is 95.8 Å². The second-order valence-electron chi connectivity index (χ2n) is 5.45. The molecule has 23 heavy (non-hydrogen) atoms. The lowest BCUT2D eigenvalue weighted by molar-refractivity contribution is 0.480. The Morgan fingerprint density at radius 3 is 1.78 bits per heavy atom. The molecule has 0 aliphatic carbocycles. The second-order valence-corrected chi connectivity index (χ2v) is 7.61. The molecular formula is C20H16FIO. The van der Waals surface area contributed by atoms with Crippen LogP contribution < -0.4 is 4.74 Å². The van der Waals surface area contributed by atoms with Gasteiger partial charge >= 0.3 is 0 Å². The van der Waals surface area contributed by atoms with Gasteiger partial charge in [0.15, 0.2) is 0 Å². The lowest BCUT2D eigenvalue weighted by Crippen LogP contribution is -2.14. The van der Waals surface area contributed by atoms with Crippen LogP contribution in [0.5, 0.6) is 11.5 Å². The fraction of sp³-hybridized carbons (Fsp3) is 0.100. The molecule has 0 bridgehead atoms. The summed E-state index contributed by atoms with van der Waals surface area (Å²) in [5.41, 5.74) is 2.46. The number of benzene rings is 3. The van der Waals surface area contributed by atoms with Gasteiger partial charge in [-0.15, -0.1) is 0 Å². The van der Waals surface area contributed by atoms with Crippen molar-refractivity contribution in [3.8, 4) is 11.5 Å². The van der Waals surface area contributed by atoms with Crippen LogP contribution in [-0.4, -0.2) is 0 Å². The molecule has 1 unspecified atom stereocenters. The quantitative estimate of drug-likeness (QED) is 0.356. The van der Waals surface area contributed by atoms with Crippen LogP contribution in [0.15, 0.2) is 78.9 Å². The van der Waals surface area contributed by atoms with E-state index in [-0.39, 0.29) is 9.24 Å². The predicted molar refractivity (Wildman–Crippen MR) is 99.8 cm³/mol. The van der Waals surface area contributed by atoms with Gasteiger partial charge in [0.2, 0.25) is 0 Å². The molecule has 1 atom stereocenters. The lowest BCUT2D eigenvalue weighted by Gasteiger charge is -2.24. The Bertz CT molecular complexity index is 765. The fourth-order valence-corrected chi connectivity index (χ4v) is 3.11. The summed E-state index contributed by atoms with van der Waals surface area (Å²) < 4.78 is 18.5. The number of alkyl halides is 1. The summed E-state index contributed by atoms with van der Waals surface area (Å²) >= 11 is 2.46. The maximum absolute atomic E-state index is 12.9. The molecule has 116 valence electrons. The third-order valence-corrected chi connectivity index (χ3v) is 5.01. The predicted octanol–water partition coefficient (Wildman–Crippen LogP) is 6.32. The van der Waals surface area contributed by atoms with E-state index >= 15 is 0 Å². The summed E-state index contributed by atoms with van der Waals surface area (Å²) in [7, 11) is 0. The molecule has 0 N–H and O–H groups in total. The molecule has 0 aliphatic heterocycles. The monoisotopic (exact) mass is 418 g/mol. The van der Waals surface area contributed by atoms with Crippen LogP contribution in [0.3, 0.4) is 0 Å². The van der Waals surface area contributed by atoms with E-state index in [1.165, 1.54) is 23.3 Å². The van der Waals surface area contributed by atoms with Crippen LogP contribution in [0.1, 0.15) is 18.1 Å². The minimum absolute atomic E-state index is 0.104. The van der Waals surface area contributed by atoms with Crippen molar-refractivity contribution in [2.45, 2.75) is 10.3 Å². The van der Waals surface area contributed by atoms with Crippen LogP contribution in [0.25, 0.3) is 0 Å². The Labute approximate surface area is 149 Å². The van der Waals surface area contributed by atoms with E-state index in [1.54, 1.807) is 12.1 Å². The van der Waals surface area contributed by atoms with E-state index in [0.717, 1.165) is 5.75 Å². The summed E-state index contributed by atoms with van der Waals surface area (Å²) in [6.07, 6.45) is 0. The SMILES string of the molecule is CC(I)(c1ccccc1)c1ccc(Oc2ccc(F)cc2)cc1. The van der Waals surface area contributed by atoms with Gasteiger partial charge < -0.3 is 4.74 Å². The van der Waals surface area contributed by atoms with Crippen molar-refractivity contribution in [2.24, 2.45) is 0 Å². The number of ether oxygens (including phenoxy) is 1. The Morgan fingerprint density at radius 1 is 0.739 bits per heavy atom. The molecule has 0 saturated carbocycles. The van der Waals surface area contributed by atoms with E-state index in [1.807, 2.05) is 18.2 Å². The van der Waals surface area contributed by atoms with Crippen molar-refractivity contribution >= 4 is 22.6 Å². The van der Waals surface area contributed by atoms with Gasteiger partial charge in [0.1, 0.15) is 17.3 Å². The van der Waals surface area contributed by atoms with Crippen LogP contribution in [-0.2, 0) is 3.42 Å². The van der Waals surface area contributed by atoms with Gasteiger partial charge in [0.25, 0.3) is 0 Å². The zero-order valence-electron chi connectivity index (χ0n) is 12.7. The molecule has 0 aromatic heterocycles. The van der Waals surface area contributed by atoms with E-state index in [2.05, 4.69) is 65.9 Å².